The Morgan fingerprint density at radius 1 is 0.543 bits per heavy atom. The molecule has 0 aliphatic rings. The zero-order valence-corrected chi connectivity index (χ0v) is 25.4. The van der Waals surface area contributed by atoms with Gasteiger partial charge in [0.2, 0.25) is 0 Å². The van der Waals surface area contributed by atoms with E-state index in [2.05, 4.69) is 20.8 Å². The van der Waals surface area contributed by atoms with Crippen molar-refractivity contribution in [1.29, 1.82) is 0 Å². The van der Waals surface area contributed by atoms with Gasteiger partial charge in [0, 0.05) is 27.8 Å². The van der Waals surface area contributed by atoms with E-state index in [0.717, 1.165) is 77.0 Å². The fraction of sp³-hybridized carbons (Fsp3) is 0.889. The average molecular weight is 541 g/mol. The zero-order chi connectivity index (χ0) is 27.5. The van der Waals surface area contributed by atoms with Crippen LogP contribution in [0.3, 0.4) is 0 Å². The van der Waals surface area contributed by atoms with Gasteiger partial charge in [-0.3, -0.25) is 14.4 Å². The largest absolute Gasteiger partial charge is 0.481 e. The molecule has 0 radical (unpaired) electrons. The van der Waals surface area contributed by atoms with Gasteiger partial charge in [-0.25, -0.2) is 0 Å². The Bertz CT molecular complexity index is 406. The van der Waals surface area contributed by atoms with Crippen LogP contribution in [0.25, 0.3) is 0 Å². The van der Waals surface area contributed by atoms with Gasteiger partial charge in [-0.05, 0) is 52.4 Å². The van der Waals surface area contributed by atoms with E-state index in [1.807, 2.05) is 20.8 Å². The fourth-order valence-corrected chi connectivity index (χ4v) is 2.86. The van der Waals surface area contributed by atoms with Gasteiger partial charge < -0.3 is 20.4 Å². The van der Waals surface area contributed by atoms with Crippen LogP contribution < -0.4 is 0 Å². The Balaban J connectivity index is -0.000000118. The third-order valence-corrected chi connectivity index (χ3v) is 5.24. The molecule has 3 atom stereocenters. The number of aliphatic hydroxyl groups is 1. The van der Waals surface area contributed by atoms with E-state index >= 15 is 0 Å². The summed E-state index contributed by atoms with van der Waals surface area (Å²) >= 11 is 0. The summed E-state index contributed by atoms with van der Waals surface area (Å²) in [5, 5.41) is 33.9. The van der Waals surface area contributed by atoms with Crippen molar-refractivity contribution in [2.45, 2.75) is 139 Å². The smallest absolute Gasteiger partial charge is 0.306 e. The minimum Gasteiger partial charge on any atom is -0.481 e. The quantitative estimate of drug-likeness (QED) is 0.161. The van der Waals surface area contributed by atoms with Gasteiger partial charge in [0.15, 0.2) is 0 Å². The van der Waals surface area contributed by atoms with Crippen LogP contribution in [0.5, 0.6) is 0 Å². The molecule has 0 aliphatic heterocycles. The van der Waals surface area contributed by atoms with Crippen molar-refractivity contribution in [1.82, 2.24) is 0 Å². The first kappa shape index (κ1) is 44.1. The number of unbranched alkanes of at least 4 members (excludes halogenated alkanes) is 3. The summed E-state index contributed by atoms with van der Waals surface area (Å²) in [6.45, 7) is 15.5. The van der Waals surface area contributed by atoms with Gasteiger partial charge in [0.25, 0.3) is 0 Å². The fourth-order valence-electron chi connectivity index (χ4n) is 2.86. The van der Waals surface area contributed by atoms with Crippen molar-refractivity contribution in [2.24, 2.45) is 17.8 Å². The number of carboxylic acid groups (broad SMARTS) is 3. The molecule has 0 fully saturated rings. The van der Waals surface area contributed by atoms with E-state index in [-0.39, 0.29) is 45.6 Å². The first-order valence-corrected chi connectivity index (χ1v) is 13.3. The molecule has 0 saturated carbocycles. The second kappa shape index (κ2) is 33.1. The minimum absolute atomic E-state index is 0. The Morgan fingerprint density at radius 2 is 0.714 bits per heavy atom. The number of carbonyl (C=O) groups is 3. The number of carboxylic acids is 3. The van der Waals surface area contributed by atoms with E-state index in [0.29, 0.717) is 0 Å². The topological polar surface area (TPSA) is 132 Å². The third kappa shape index (κ3) is 37.8. The number of rotatable bonds is 15. The zero-order valence-electron chi connectivity index (χ0n) is 23.8. The Labute approximate surface area is 230 Å². The van der Waals surface area contributed by atoms with Crippen LogP contribution in [-0.4, -0.2) is 44.4 Å². The number of hydrogen-bond acceptors (Lipinski definition) is 4. The molecular formula is C27H56O7Ti. The van der Waals surface area contributed by atoms with Crippen molar-refractivity contribution in [2.75, 3.05) is 0 Å². The molecule has 210 valence electrons. The van der Waals surface area contributed by atoms with E-state index in [1.54, 1.807) is 13.8 Å². The molecule has 8 heteroatoms. The van der Waals surface area contributed by atoms with Crippen LogP contribution >= 0.6 is 0 Å². The van der Waals surface area contributed by atoms with Gasteiger partial charge in [-0.2, -0.15) is 0 Å². The van der Waals surface area contributed by atoms with Gasteiger partial charge in [0.1, 0.15) is 0 Å². The molecule has 0 aliphatic carbocycles. The minimum atomic E-state index is -0.643. The number of hydrogen-bond donors (Lipinski definition) is 4. The molecule has 0 amide bonds. The Kier molecular flexibility index (Phi) is 41.7. The summed E-state index contributed by atoms with van der Waals surface area (Å²) in [5.41, 5.74) is 0. The Morgan fingerprint density at radius 3 is 0.800 bits per heavy atom. The maximum absolute atomic E-state index is 10.4. The number of aliphatic carboxylic acids is 3. The molecule has 0 spiro atoms. The summed E-state index contributed by atoms with van der Waals surface area (Å²) in [4.78, 5) is 31.3. The molecule has 0 saturated heterocycles. The molecule has 35 heavy (non-hydrogen) atoms. The molecule has 0 bridgehead atoms. The van der Waals surface area contributed by atoms with Crippen LogP contribution in [0.2, 0.25) is 0 Å². The standard InChI is InChI=1S/3C8H16O2.C3H8O.Ti/c3*1-3-5-6-7(4-2)8(9)10;1-3(2)4;/h3*7H,3-6H2,1-2H3,(H,9,10);3-4H,1-2H3;. The normalized spacial score (nSPS) is 12.2. The van der Waals surface area contributed by atoms with E-state index in [1.165, 1.54) is 0 Å². The van der Waals surface area contributed by atoms with Gasteiger partial charge in [-0.1, -0.05) is 80.1 Å². The predicted octanol–water partition coefficient (Wildman–Crippen LogP) is 7.25. The van der Waals surface area contributed by atoms with Crippen molar-refractivity contribution >= 4 is 17.9 Å². The summed E-state index contributed by atoms with van der Waals surface area (Å²) in [5.74, 6) is -2.26. The number of aliphatic hydroxyl groups excluding tert-OH is 1. The third-order valence-electron chi connectivity index (χ3n) is 5.24. The van der Waals surface area contributed by atoms with Gasteiger partial charge in [-0.15, -0.1) is 0 Å². The predicted molar refractivity (Wildman–Crippen MR) is 140 cm³/mol. The van der Waals surface area contributed by atoms with Crippen molar-refractivity contribution in [3.63, 3.8) is 0 Å². The van der Waals surface area contributed by atoms with E-state index < -0.39 is 17.9 Å². The second-order valence-corrected chi connectivity index (χ2v) is 8.85. The molecule has 7 nitrogen and oxygen atoms in total. The van der Waals surface area contributed by atoms with Crippen LogP contribution in [-0.2, 0) is 36.1 Å². The van der Waals surface area contributed by atoms with Crippen molar-refractivity contribution < 1.29 is 56.5 Å². The maximum Gasteiger partial charge on any atom is 0.306 e. The SMILES string of the molecule is CC(C)O.CCCCC(CC)C(=O)O.CCCCC(CC)C(=O)O.CCCCC(CC)C(=O)O.[Ti]. The summed E-state index contributed by atoms with van der Waals surface area (Å²) < 4.78 is 0. The van der Waals surface area contributed by atoms with E-state index in [9.17, 15) is 14.4 Å². The van der Waals surface area contributed by atoms with Crippen molar-refractivity contribution in [3.8, 4) is 0 Å². The molecule has 4 N–H and O–H groups in total. The first-order valence-electron chi connectivity index (χ1n) is 13.3. The molecule has 0 heterocycles. The van der Waals surface area contributed by atoms with Crippen LogP contribution in [0.1, 0.15) is 132 Å². The summed E-state index contributed by atoms with van der Waals surface area (Å²) in [7, 11) is 0. The molecule has 0 aromatic heterocycles. The average Bonchev–Trinajstić information content (AvgIpc) is 2.75. The molecule has 3 unspecified atom stereocenters. The molecule has 0 aromatic rings. The van der Waals surface area contributed by atoms with Crippen LogP contribution in [0, 0.1) is 17.8 Å². The Hall–Kier alpha value is -0.916. The summed E-state index contributed by atoms with van der Waals surface area (Å²) in [6, 6.07) is 0. The summed E-state index contributed by atoms with van der Waals surface area (Å²) in [6.07, 6.45) is 11.0. The second-order valence-electron chi connectivity index (χ2n) is 8.85. The van der Waals surface area contributed by atoms with Gasteiger partial charge >= 0.3 is 17.9 Å². The van der Waals surface area contributed by atoms with Crippen LogP contribution in [0.4, 0.5) is 0 Å². The molecule has 0 rings (SSSR count). The monoisotopic (exact) mass is 540 g/mol. The molecular weight excluding hydrogens is 484 g/mol. The van der Waals surface area contributed by atoms with Crippen molar-refractivity contribution in [3.05, 3.63) is 0 Å². The van der Waals surface area contributed by atoms with Crippen LogP contribution in [0.15, 0.2) is 0 Å². The maximum atomic E-state index is 10.4. The first-order chi connectivity index (χ1) is 15.9. The van der Waals surface area contributed by atoms with Gasteiger partial charge in [0.05, 0.1) is 17.8 Å². The van der Waals surface area contributed by atoms with E-state index in [4.69, 9.17) is 20.4 Å². The molecule has 0 aromatic carbocycles.